The summed E-state index contributed by atoms with van der Waals surface area (Å²) in [6.45, 7) is 2.20. The molecule has 0 aliphatic carbocycles. The standard InChI is InChI=1S/C17H18N4O5/c1-2-13-17(22)20(9-10-25-12-5-3-11(18)4-6-12)16-14(26-13)7-8-15(19-16)21(23)24/h3-8,13H,2,9-10,18H2,1H3. The molecule has 2 aromatic rings. The second kappa shape index (κ2) is 7.26. The Bertz CT molecular complexity index is 824. The van der Waals surface area contributed by atoms with Crippen molar-refractivity contribution < 1.29 is 19.2 Å². The number of carbonyl (C=O) groups is 1. The first-order chi connectivity index (χ1) is 12.5. The highest BCUT2D eigenvalue weighted by Crippen LogP contribution is 2.34. The van der Waals surface area contributed by atoms with Crippen LogP contribution in [0.2, 0.25) is 0 Å². The number of nitrogens with zero attached hydrogens (tertiary/aromatic N) is 3. The highest BCUT2D eigenvalue weighted by molar-refractivity contribution is 5.99. The van der Waals surface area contributed by atoms with Crippen molar-refractivity contribution in [1.29, 1.82) is 0 Å². The van der Waals surface area contributed by atoms with E-state index in [2.05, 4.69) is 4.98 Å². The van der Waals surface area contributed by atoms with E-state index in [9.17, 15) is 14.9 Å². The van der Waals surface area contributed by atoms with Crippen LogP contribution in [0, 0.1) is 10.1 Å². The lowest BCUT2D eigenvalue weighted by molar-refractivity contribution is -0.389. The van der Waals surface area contributed by atoms with E-state index in [1.54, 1.807) is 24.3 Å². The van der Waals surface area contributed by atoms with Crippen LogP contribution >= 0.6 is 0 Å². The van der Waals surface area contributed by atoms with Crippen molar-refractivity contribution in [2.45, 2.75) is 19.4 Å². The fourth-order valence-electron chi connectivity index (χ4n) is 2.59. The quantitative estimate of drug-likeness (QED) is 0.477. The Morgan fingerprint density at radius 1 is 1.31 bits per heavy atom. The van der Waals surface area contributed by atoms with Gasteiger partial charge in [-0.1, -0.05) is 6.92 Å². The maximum atomic E-state index is 12.6. The molecule has 136 valence electrons. The van der Waals surface area contributed by atoms with Crippen molar-refractivity contribution in [3.63, 3.8) is 0 Å². The molecule has 0 radical (unpaired) electrons. The minimum absolute atomic E-state index is 0.134. The summed E-state index contributed by atoms with van der Waals surface area (Å²) in [5.41, 5.74) is 6.25. The van der Waals surface area contributed by atoms with Gasteiger partial charge in [-0.05, 0) is 46.7 Å². The van der Waals surface area contributed by atoms with E-state index in [-0.39, 0.29) is 30.7 Å². The number of nitro groups is 1. The van der Waals surface area contributed by atoms with E-state index in [1.807, 2.05) is 6.92 Å². The minimum Gasteiger partial charge on any atom is -0.492 e. The number of nitrogens with two attached hydrogens (primary N) is 1. The molecule has 2 N–H and O–H groups in total. The molecule has 3 rings (SSSR count). The highest BCUT2D eigenvalue weighted by Gasteiger charge is 2.37. The minimum atomic E-state index is -0.651. The maximum absolute atomic E-state index is 12.6. The lowest BCUT2D eigenvalue weighted by atomic mass is 10.2. The van der Waals surface area contributed by atoms with Gasteiger partial charge in [0.05, 0.1) is 6.54 Å². The second-order valence-corrected chi connectivity index (χ2v) is 5.67. The smallest absolute Gasteiger partial charge is 0.366 e. The van der Waals surface area contributed by atoms with Gasteiger partial charge in [-0.15, -0.1) is 0 Å². The molecule has 0 saturated carbocycles. The van der Waals surface area contributed by atoms with Gasteiger partial charge in [0.15, 0.2) is 11.9 Å². The Kier molecular flexibility index (Phi) is 4.87. The van der Waals surface area contributed by atoms with E-state index in [1.165, 1.54) is 17.0 Å². The molecule has 1 aliphatic heterocycles. The molecule has 0 fully saturated rings. The van der Waals surface area contributed by atoms with Crippen LogP contribution in [0.15, 0.2) is 36.4 Å². The number of ether oxygens (including phenoxy) is 2. The average molecular weight is 358 g/mol. The predicted molar refractivity (Wildman–Crippen MR) is 94.3 cm³/mol. The molecular weight excluding hydrogens is 340 g/mol. The molecular formula is C17H18N4O5. The van der Waals surface area contributed by atoms with Crippen LogP contribution in [-0.4, -0.2) is 35.1 Å². The van der Waals surface area contributed by atoms with Gasteiger partial charge in [0.1, 0.15) is 12.4 Å². The Morgan fingerprint density at radius 3 is 2.69 bits per heavy atom. The lowest BCUT2D eigenvalue weighted by Gasteiger charge is -2.30. The number of aromatic nitrogens is 1. The topological polar surface area (TPSA) is 121 Å². The number of carbonyl (C=O) groups excluding carboxylic acids is 1. The summed E-state index contributed by atoms with van der Waals surface area (Å²) in [5.74, 6) is 0.442. The largest absolute Gasteiger partial charge is 0.492 e. The van der Waals surface area contributed by atoms with Crippen LogP contribution < -0.4 is 20.1 Å². The summed E-state index contributed by atoms with van der Waals surface area (Å²) < 4.78 is 11.2. The highest BCUT2D eigenvalue weighted by atomic mass is 16.6. The molecule has 1 unspecified atom stereocenters. The Labute approximate surface area is 149 Å². The number of hydrogen-bond acceptors (Lipinski definition) is 7. The number of amides is 1. The fourth-order valence-corrected chi connectivity index (χ4v) is 2.59. The molecule has 9 heteroatoms. The molecule has 1 atom stereocenters. The number of rotatable bonds is 6. The van der Waals surface area contributed by atoms with E-state index < -0.39 is 11.0 Å². The summed E-state index contributed by atoms with van der Waals surface area (Å²) >= 11 is 0. The lowest BCUT2D eigenvalue weighted by Crippen LogP contribution is -2.47. The monoisotopic (exact) mass is 358 g/mol. The molecule has 0 saturated heterocycles. The van der Waals surface area contributed by atoms with Gasteiger partial charge in [0, 0.05) is 11.8 Å². The number of nitrogen functional groups attached to an aromatic ring is 1. The van der Waals surface area contributed by atoms with E-state index in [0.717, 1.165) is 0 Å². The third kappa shape index (κ3) is 3.51. The van der Waals surface area contributed by atoms with Crippen molar-refractivity contribution in [1.82, 2.24) is 4.98 Å². The van der Waals surface area contributed by atoms with Crippen LogP contribution in [0.3, 0.4) is 0 Å². The van der Waals surface area contributed by atoms with E-state index in [4.69, 9.17) is 15.2 Å². The fraction of sp³-hybridized carbons (Fsp3) is 0.294. The predicted octanol–water partition coefficient (Wildman–Crippen LogP) is 2.15. The van der Waals surface area contributed by atoms with Crippen LogP contribution in [0.1, 0.15) is 13.3 Å². The van der Waals surface area contributed by atoms with E-state index >= 15 is 0 Å². The number of hydrogen-bond donors (Lipinski definition) is 1. The Morgan fingerprint density at radius 2 is 2.04 bits per heavy atom. The maximum Gasteiger partial charge on any atom is 0.366 e. The summed E-state index contributed by atoms with van der Waals surface area (Å²) in [4.78, 5) is 28.3. The average Bonchev–Trinajstić information content (AvgIpc) is 2.64. The van der Waals surface area contributed by atoms with Crippen molar-refractivity contribution in [2.24, 2.45) is 0 Å². The molecule has 1 amide bonds. The molecule has 1 aromatic carbocycles. The van der Waals surface area contributed by atoms with Crippen LogP contribution in [0.4, 0.5) is 17.3 Å². The Hall–Kier alpha value is -3.36. The van der Waals surface area contributed by atoms with Gasteiger partial charge >= 0.3 is 5.82 Å². The third-order valence-corrected chi connectivity index (χ3v) is 3.91. The van der Waals surface area contributed by atoms with E-state index in [0.29, 0.717) is 23.6 Å². The summed E-state index contributed by atoms with van der Waals surface area (Å²) in [7, 11) is 0. The first-order valence-corrected chi connectivity index (χ1v) is 8.11. The summed E-state index contributed by atoms with van der Waals surface area (Å²) in [6.07, 6.45) is -0.174. The molecule has 1 aromatic heterocycles. The zero-order valence-corrected chi connectivity index (χ0v) is 14.1. The SMILES string of the molecule is CCC1Oc2ccc([N+](=O)[O-])nc2N(CCOc2ccc(N)cc2)C1=O. The summed E-state index contributed by atoms with van der Waals surface area (Å²) in [6, 6.07) is 9.59. The zero-order valence-electron chi connectivity index (χ0n) is 14.1. The van der Waals surface area contributed by atoms with Crippen molar-refractivity contribution in [3.05, 3.63) is 46.5 Å². The molecule has 1 aliphatic rings. The Balaban J connectivity index is 1.79. The molecule has 0 bridgehead atoms. The number of fused-ring (bicyclic) bond motifs is 1. The zero-order chi connectivity index (χ0) is 18.7. The first kappa shape index (κ1) is 17.5. The van der Waals surface area contributed by atoms with Gasteiger partial charge in [0.25, 0.3) is 11.7 Å². The third-order valence-electron chi connectivity index (χ3n) is 3.91. The number of pyridine rings is 1. The molecule has 26 heavy (non-hydrogen) atoms. The van der Waals surface area contributed by atoms with Crippen molar-refractivity contribution in [2.75, 3.05) is 23.8 Å². The van der Waals surface area contributed by atoms with Gasteiger partial charge in [0.2, 0.25) is 0 Å². The van der Waals surface area contributed by atoms with Crippen LogP contribution in [0.25, 0.3) is 0 Å². The van der Waals surface area contributed by atoms with Gasteiger partial charge in [-0.25, -0.2) is 0 Å². The first-order valence-electron chi connectivity index (χ1n) is 8.11. The van der Waals surface area contributed by atoms with Crippen molar-refractivity contribution >= 4 is 23.2 Å². The van der Waals surface area contributed by atoms with Gasteiger partial charge < -0.3 is 25.3 Å². The number of benzene rings is 1. The van der Waals surface area contributed by atoms with Gasteiger partial charge in [-0.3, -0.25) is 9.69 Å². The summed E-state index contributed by atoms with van der Waals surface area (Å²) in [5, 5.41) is 11.0. The molecule has 0 spiro atoms. The van der Waals surface area contributed by atoms with Crippen molar-refractivity contribution in [3.8, 4) is 11.5 Å². The molecule has 9 nitrogen and oxygen atoms in total. The number of anilines is 2. The van der Waals surface area contributed by atoms with Crippen LogP contribution in [-0.2, 0) is 4.79 Å². The van der Waals surface area contributed by atoms with Crippen LogP contribution in [0.5, 0.6) is 11.5 Å². The normalized spacial score (nSPS) is 16.0. The molecule has 2 heterocycles. The second-order valence-electron chi connectivity index (χ2n) is 5.67. The van der Waals surface area contributed by atoms with Gasteiger partial charge in [-0.2, -0.15) is 0 Å².